The molecule has 0 bridgehead atoms. The first kappa shape index (κ1) is 15.6. The average Bonchev–Trinajstić information content (AvgIpc) is 2.97. The zero-order valence-corrected chi connectivity index (χ0v) is 13.4. The fraction of sp³-hybridized carbons (Fsp3) is 0.176. The van der Waals surface area contributed by atoms with Gasteiger partial charge in [0.15, 0.2) is 0 Å². The maximum absolute atomic E-state index is 12.8. The van der Waals surface area contributed by atoms with Crippen LogP contribution in [0.1, 0.15) is 16.3 Å². The van der Waals surface area contributed by atoms with E-state index in [1.807, 2.05) is 13.0 Å². The molecule has 0 unspecified atom stereocenters. The minimum atomic E-state index is -0.290. The normalized spacial score (nSPS) is 10.7. The summed E-state index contributed by atoms with van der Waals surface area (Å²) in [6.45, 7) is 3.44. The summed E-state index contributed by atoms with van der Waals surface area (Å²) in [6.07, 6.45) is 1.76. The van der Waals surface area contributed by atoms with Crippen LogP contribution in [0.5, 0.6) is 11.6 Å². The molecule has 1 N–H and O–H groups in total. The summed E-state index contributed by atoms with van der Waals surface area (Å²) in [6, 6.07) is 9.60. The minimum absolute atomic E-state index is 0.290. The van der Waals surface area contributed by atoms with E-state index in [-0.39, 0.29) is 5.82 Å². The molecular weight excluding hydrogens is 313 g/mol. The largest absolute Gasteiger partial charge is 0.439 e. The summed E-state index contributed by atoms with van der Waals surface area (Å²) in [7, 11) is 0. The van der Waals surface area contributed by atoms with Gasteiger partial charge in [0, 0.05) is 30.7 Å². The van der Waals surface area contributed by atoms with E-state index >= 15 is 0 Å². The van der Waals surface area contributed by atoms with Gasteiger partial charge in [0.1, 0.15) is 11.6 Å². The van der Waals surface area contributed by atoms with E-state index in [0.717, 1.165) is 22.8 Å². The first-order valence-electron chi connectivity index (χ1n) is 7.19. The van der Waals surface area contributed by atoms with E-state index in [9.17, 15) is 4.39 Å². The molecule has 23 heavy (non-hydrogen) atoms. The van der Waals surface area contributed by atoms with Crippen molar-refractivity contribution in [2.24, 2.45) is 0 Å². The molecule has 6 heteroatoms. The highest BCUT2D eigenvalue weighted by Gasteiger charge is 2.01. The lowest BCUT2D eigenvalue weighted by atomic mass is 10.3. The Morgan fingerprint density at radius 3 is 2.61 bits per heavy atom. The van der Waals surface area contributed by atoms with Gasteiger partial charge in [-0.3, -0.25) is 0 Å². The topological polar surface area (TPSA) is 47.0 Å². The molecule has 2 aromatic heterocycles. The molecule has 0 spiro atoms. The van der Waals surface area contributed by atoms with Gasteiger partial charge in [-0.05, 0) is 36.8 Å². The van der Waals surface area contributed by atoms with Gasteiger partial charge in [-0.1, -0.05) is 6.07 Å². The van der Waals surface area contributed by atoms with Crippen molar-refractivity contribution in [3.8, 4) is 11.6 Å². The molecule has 3 rings (SSSR count). The highest BCUT2D eigenvalue weighted by atomic mass is 32.1. The quantitative estimate of drug-likeness (QED) is 0.740. The second-order valence-electron chi connectivity index (χ2n) is 5.02. The predicted molar refractivity (Wildman–Crippen MR) is 88.1 cm³/mol. The third-order valence-corrected chi connectivity index (χ3v) is 3.96. The van der Waals surface area contributed by atoms with E-state index in [1.165, 1.54) is 12.1 Å². The Hall–Kier alpha value is -2.31. The molecule has 0 amide bonds. The standard InChI is InChI=1S/C17H16FN3OS/c1-12-21-15(11-23-12)10-19-8-13-2-7-17(20-9-13)22-16-5-3-14(18)4-6-16/h2-7,9,11,19H,8,10H2,1H3. The molecule has 4 nitrogen and oxygen atoms in total. The molecule has 2 heterocycles. The Morgan fingerprint density at radius 2 is 1.96 bits per heavy atom. The molecule has 0 fully saturated rings. The van der Waals surface area contributed by atoms with Gasteiger partial charge in [0.2, 0.25) is 5.88 Å². The number of nitrogens with one attached hydrogen (secondary N) is 1. The van der Waals surface area contributed by atoms with E-state index < -0.39 is 0 Å². The highest BCUT2D eigenvalue weighted by Crippen LogP contribution is 2.19. The maximum atomic E-state index is 12.8. The second kappa shape index (κ2) is 7.30. The van der Waals surface area contributed by atoms with Crippen molar-refractivity contribution in [2.75, 3.05) is 0 Å². The van der Waals surface area contributed by atoms with E-state index in [2.05, 4.69) is 20.7 Å². The molecule has 1 aromatic carbocycles. The van der Waals surface area contributed by atoms with Gasteiger partial charge in [-0.15, -0.1) is 11.3 Å². The van der Waals surface area contributed by atoms with Crippen LogP contribution in [0.2, 0.25) is 0 Å². The molecule has 0 saturated carbocycles. The third-order valence-electron chi connectivity index (χ3n) is 3.14. The number of thiazole rings is 1. The number of aryl methyl sites for hydroxylation is 1. The second-order valence-corrected chi connectivity index (χ2v) is 6.08. The number of rotatable bonds is 6. The van der Waals surface area contributed by atoms with Crippen molar-refractivity contribution < 1.29 is 9.13 Å². The Balaban J connectivity index is 1.51. The first-order valence-corrected chi connectivity index (χ1v) is 8.07. The van der Waals surface area contributed by atoms with Crippen LogP contribution in [-0.2, 0) is 13.1 Å². The van der Waals surface area contributed by atoms with Crippen LogP contribution < -0.4 is 10.1 Å². The van der Waals surface area contributed by atoms with Crippen molar-refractivity contribution >= 4 is 11.3 Å². The van der Waals surface area contributed by atoms with Gasteiger partial charge >= 0.3 is 0 Å². The fourth-order valence-electron chi connectivity index (χ4n) is 2.02. The number of aromatic nitrogens is 2. The third kappa shape index (κ3) is 4.58. The summed E-state index contributed by atoms with van der Waals surface area (Å²) >= 11 is 1.65. The number of pyridine rings is 1. The lowest BCUT2D eigenvalue weighted by Gasteiger charge is -2.06. The Morgan fingerprint density at radius 1 is 1.13 bits per heavy atom. The van der Waals surface area contributed by atoms with Crippen molar-refractivity contribution in [2.45, 2.75) is 20.0 Å². The first-order chi connectivity index (χ1) is 11.2. The van der Waals surface area contributed by atoms with E-state index in [4.69, 9.17) is 4.74 Å². The monoisotopic (exact) mass is 329 g/mol. The zero-order chi connectivity index (χ0) is 16.1. The average molecular weight is 329 g/mol. The van der Waals surface area contributed by atoms with Crippen LogP contribution in [0, 0.1) is 12.7 Å². The van der Waals surface area contributed by atoms with Crippen LogP contribution in [0.15, 0.2) is 48.0 Å². The van der Waals surface area contributed by atoms with Gasteiger partial charge in [-0.2, -0.15) is 0 Å². The van der Waals surface area contributed by atoms with Crippen LogP contribution in [0.3, 0.4) is 0 Å². The Labute approximate surface area is 138 Å². The van der Waals surface area contributed by atoms with Crippen LogP contribution >= 0.6 is 11.3 Å². The van der Waals surface area contributed by atoms with Gasteiger partial charge < -0.3 is 10.1 Å². The highest BCUT2D eigenvalue weighted by molar-refractivity contribution is 7.09. The molecule has 0 aliphatic rings. The van der Waals surface area contributed by atoms with Crippen molar-refractivity contribution in [1.82, 2.24) is 15.3 Å². The Kier molecular flexibility index (Phi) is 4.95. The van der Waals surface area contributed by atoms with Crippen LogP contribution in [0.4, 0.5) is 4.39 Å². The lowest BCUT2D eigenvalue weighted by molar-refractivity contribution is 0.460. The van der Waals surface area contributed by atoms with Gasteiger partial charge in [-0.25, -0.2) is 14.4 Å². The number of hydrogen-bond acceptors (Lipinski definition) is 5. The number of benzene rings is 1. The molecule has 0 saturated heterocycles. The van der Waals surface area contributed by atoms with E-state index in [0.29, 0.717) is 18.2 Å². The molecule has 0 radical (unpaired) electrons. The predicted octanol–water partition coefficient (Wildman–Crippen LogP) is 4.07. The molecule has 118 valence electrons. The van der Waals surface area contributed by atoms with Gasteiger partial charge in [0.05, 0.1) is 10.7 Å². The van der Waals surface area contributed by atoms with Gasteiger partial charge in [0.25, 0.3) is 0 Å². The number of ether oxygens (including phenoxy) is 1. The SMILES string of the molecule is Cc1nc(CNCc2ccc(Oc3ccc(F)cc3)nc2)cs1. The fourth-order valence-corrected chi connectivity index (χ4v) is 2.64. The molecule has 0 aliphatic carbocycles. The maximum Gasteiger partial charge on any atom is 0.219 e. The smallest absolute Gasteiger partial charge is 0.219 e. The summed E-state index contributed by atoms with van der Waals surface area (Å²) in [5.41, 5.74) is 2.11. The number of hydrogen-bond donors (Lipinski definition) is 1. The summed E-state index contributed by atoms with van der Waals surface area (Å²) in [4.78, 5) is 8.66. The molecule has 3 aromatic rings. The number of nitrogens with zero attached hydrogens (tertiary/aromatic N) is 2. The van der Waals surface area contributed by atoms with Crippen molar-refractivity contribution in [1.29, 1.82) is 0 Å². The molecule has 0 aliphatic heterocycles. The molecular formula is C17H16FN3OS. The zero-order valence-electron chi connectivity index (χ0n) is 12.6. The lowest BCUT2D eigenvalue weighted by Crippen LogP contribution is -2.13. The Bertz CT molecular complexity index is 756. The summed E-state index contributed by atoms with van der Waals surface area (Å²) in [5, 5.41) is 6.46. The van der Waals surface area contributed by atoms with Crippen molar-refractivity contribution in [3.05, 3.63) is 70.1 Å². The number of halogens is 1. The van der Waals surface area contributed by atoms with Crippen LogP contribution in [-0.4, -0.2) is 9.97 Å². The summed E-state index contributed by atoms with van der Waals surface area (Å²) < 4.78 is 18.4. The van der Waals surface area contributed by atoms with Crippen molar-refractivity contribution in [3.63, 3.8) is 0 Å². The van der Waals surface area contributed by atoms with Crippen LogP contribution in [0.25, 0.3) is 0 Å². The van der Waals surface area contributed by atoms with E-state index in [1.54, 1.807) is 35.7 Å². The molecule has 0 atom stereocenters. The summed E-state index contributed by atoms with van der Waals surface area (Å²) in [5.74, 6) is 0.751. The minimum Gasteiger partial charge on any atom is -0.439 e.